The van der Waals surface area contributed by atoms with Crippen molar-refractivity contribution in [3.8, 4) is 0 Å². The second-order valence-electron chi connectivity index (χ2n) is 7.18. The van der Waals surface area contributed by atoms with E-state index in [1.807, 2.05) is 19.1 Å². The number of carboxylic acid groups (broad SMARTS) is 1. The van der Waals surface area contributed by atoms with Crippen molar-refractivity contribution in [3.05, 3.63) is 42.0 Å². The first-order valence-electron chi connectivity index (χ1n) is 9.68. The predicted molar refractivity (Wildman–Crippen MR) is 104 cm³/mol. The van der Waals surface area contributed by atoms with Gasteiger partial charge in [0.15, 0.2) is 0 Å². The van der Waals surface area contributed by atoms with E-state index in [-0.39, 0.29) is 17.7 Å². The molecular weight excluding hydrogens is 360 g/mol. The van der Waals surface area contributed by atoms with Gasteiger partial charge in [0, 0.05) is 24.3 Å². The number of ether oxygens (including phenoxy) is 1. The minimum atomic E-state index is -0.950. The molecule has 1 aliphatic heterocycles. The van der Waals surface area contributed by atoms with E-state index in [0.29, 0.717) is 50.4 Å². The molecule has 1 aromatic rings. The Hall–Kier alpha value is -2.67. The summed E-state index contributed by atoms with van der Waals surface area (Å²) in [5, 5.41) is 12.3. The third kappa shape index (κ3) is 4.42. The van der Waals surface area contributed by atoms with Gasteiger partial charge in [0.1, 0.15) is 0 Å². The van der Waals surface area contributed by atoms with Gasteiger partial charge < -0.3 is 20.1 Å². The number of nitrogens with one attached hydrogen (secondary N) is 1. The number of allylic oxidation sites excluding steroid dienone is 2. The molecule has 1 aromatic carbocycles. The number of carbonyl (C=O) groups excluding carboxylic acids is 2. The fourth-order valence-electron chi connectivity index (χ4n) is 3.86. The number of carboxylic acids is 1. The number of hydrogen-bond donors (Lipinski definition) is 2. The number of carbonyl (C=O) groups is 3. The van der Waals surface area contributed by atoms with Crippen LogP contribution in [-0.4, -0.2) is 54.1 Å². The maximum atomic E-state index is 12.8. The first-order chi connectivity index (χ1) is 13.5. The van der Waals surface area contributed by atoms with E-state index in [2.05, 4.69) is 5.32 Å². The largest absolute Gasteiger partial charge is 0.481 e. The Morgan fingerprint density at radius 3 is 2.46 bits per heavy atom. The zero-order chi connectivity index (χ0) is 20.1. The lowest BCUT2D eigenvalue weighted by atomic mass is 9.74. The molecule has 3 rings (SSSR count). The van der Waals surface area contributed by atoms with Crippen LogP contribution in [0.1, 0.15) is 30.1 Å². The molecule has 1 fully saturated rings. The molecule has 28 heavy (non-hydrogen) atoms. The van der Waals surface area contributed by atoms with Crippen molar-refractivity contribution in [2.75, 3.05) is 31.6 Å². The molecule has 1 saturated heterocycles. The Morgan fingerprint density at radius 1 is 1.18 bits per heavy atom. The van der Waals surface area contributed by atoms with Crippen LogP contribution < -0.4 is 5.32 Å². The highest BCUT2D eigenvalue weighted by Crippen LogP contribution is 2.33. The molecule has 0 radical (unpaired) electrons. The van der Waals surface area contributed by atoms with E-state index >= 15 is 0 Å². The van der Waals surface area contributed by atoms with Crippen LogP contribution in [0.3, 0.4) is 0 Å². The molecule has 2 aliphatic rings. The number of benzene rings is 1. The van der Waals surface area contributed by atoms with E-state index in [1.54, 1.807) is 29.2 Å². The van der Waals surface area contributed by atoms with Crippen LogP contribution in [0, 0.1) is 17.8 Å². The van der Waals surface area contributed by atoms with Crippen molar-refractivity contribution in [2.45, 2.75) is 19.8 Å². The molecule has 7 nitrogen and oxygen atoms in total. The lowest BCUT2D eigenvalue weighted by Gasteiger charge is -2.31. The van der Waals surface area contributed by atoms with Crippen molar-refractivity contribution >= 4 is 23.5 Å². The summed E-state index contributed by atoms with van der Waals surface area (Å²) in [5.41, 5.74) is 1.10. The van der Waals surface area contributed by atoms with Gasteiger partial charge >= 0.3 is 5.97 Å². The topological polar surface area (TPSA) is 95.9 Å². The maximum Gasteiger partial charge on any atom is 0.307 e. The average Bonchev–Trinajstić information content (AvgIpc) is 2.73. The van der Waals surface area contributed by atoms with Crippen LogP contribution in [0.4, 0.5) is 5.69 Å². The minimum absolute atomic E-state index is 0.0596. The molecule has 0 aromatic heterocycles. The standard InChI is InChI=1S/C21H26N2O5/c1-2-14-4-3-5-17(21(26)27)18(14)19(24)22-16-8-6-15(7-9-16)20(25)23-10-12-28-13-11-23/h3-4,6-9,14,17-18H,2,5,10-13H2,1H3,(H,22,24)(H,26,27). The van der Waals surface area contributed by atoms with E-state index < -0.39 is 17.8 Å². The number of aliphatic carboxylic acids is 1. The zero-order valence-corrected chi connectivity index (χ0v) is 16.0. The second-order valence-corrected chi connectivity index (χ2v) is 7.18. The normalized spacial score (nSPS) is 24.6. The van der Waals surface area contributed by atoms with Crippen molar-refractivity contribution in [2.24, 2.45) is 17.8 Å². The highest BCUT2D eigenvalue weighted by atomic mass is 16.5. The highest BCUT2D eigenvalue weighted by molar-refractivity contribution is 5.97. The van der Waals surface area contributed by atoms with Gasteiger partial charge in [0.25, 0.3) is 5.91 Å². The second kappa shape index (κ2) is 9.01. The monoisotopic (exact) mass is 386 g/mol. The summed E-state index contributed by atoms with van der Waals surface area (Å²) < 4.78 is 5.26. The average molecular weight is 386 g/mol. The summed E-state index contributed by atoms with van der Waals surface area (Å²) in [6, 6.07) is 6.72. The summed E-state index contributed by atoms with van der Waals surface area (Å²) >= 11 is 0. The van der Waals surface area contributed by atoms with Crippen molar-refractivity contribution in [3.63, 3.8) is 0 Å². The van der Waals surface area contributed by atoms with Crippen molar-refractivity contribution in [1.82, 2.24) is 4.90 Å². The molecule has 1 aliphatic carbocycles. The Bertz CT molecular complexity index is 753. The Morgan fingerprint density at radius 2 is 1.86 bits per heavy atom. The van der Waals surface area contributed by atoms with Gasteiger partial charge in [0.05, 0.1) is 25.0 Å². The molecule has 0 saturated carbocycles. The van der Waals surface area contributed by atoms with Gasteiger partial charge in [0.2, 0.25) is 5.91 Å². The first-order valence-corrected chi connectivity index (χ1v) is 9.68. The van der Waals surface area contributed by atoms with Crippen LogP contribution in [-0.2, 0) is 14.3 Å². The van der Waals surface area contributed by atoms with E-state index in [1.165, 1.54) is 0 Å². The molecule has 2 amide bonds. The molecule has 1 heterocycles. The quantitative estimate of drug-likeness (QED) is 0.758. The summed E-state index contributed by atoms with van der Waals surface area (Å²) in [5.74, 6) is -2.74. The molecule has 2 N–H and O–H groups in total. The van der Waals surface area contributed by atoms with Crippen LogP contribution in [0.15, 0.2) is 36.4 Å². The molecule has 3 unspecified atom stereocenters. The predicted octanol–water partition coefficient (Wildman–Crippen LogP) is 2.40. The summed E-state index contributed by atoms with van der Waals surface area (Å²) in [4.78, 5) is 38.6. The maximum absolute atomic E-state index is 12.8. The summed E-state index contributed by atoms with van der Waals surface area (Å²) in [6.07, 6.45) is 4.85. The van der Waals surface area contributed by atoms with Gasteiger partial charge in [-0.2, -0.15) is 0 Å². The van der Waals surface area contributed by atoms with Gasteiger partial charge in [-0.3, -0.25) is 14.4 Å². The minimum Gasteiger partial charge on any atom is -0.481 e. The highest BCUT2D eigenvalue weighted by Gasteiger charge is 2.39. The third-order valence-electron chi connectivity index (χ3n) is 5.46. The molecule has 0 bridgehead atoms. The van der Waals surface area contributed by atoms with Crippen LogP contribution >= 0.6 is 0 Å². The molecule has 3 atom stereocenters. The number of nitrogens with zero attached hydrogens (tertiary/aromatic N) is 1. The van der Waals surface area contributed by atoms with Crippen molar-refractivity contribution in [1.29, 1.82) is 0 Å². The number of morpholine rings is 1. The van der Waals surface area contributed by atoms with E-state index in [0.717, 1.165) is 0 Å². The number of rotatable bonds is 5. The first kappa shape index (κ1) is 20.1. The molecule has 150 valence electrons. The molecule has 7 heteroatoms. The number of anilines is 1. The van der Waals surface area contributed by atoms with Crippen LogP contribution in [0.25, 0.3) is 0 Å². The van der Waals surface area contributed by atoms with Crippen molar-refractivity contribution < 1.29 is 24.2 Å². The summed E-state index contributed by atoms with van der Waals surface area (Å²) in [6.45, 7) is 4.17. The van der Waals surface area contributed by atoms with Gasteiger partial charge in [-0.15, -0.1) is 0 Å². The van der Waals surface area contributed by atoms with E-state index in [4.69, 9.17) is 4.74 Å². The number of hydrogen-bond acceptors (Lipinski definition) is 4. The molecular formula is C21H26N2O5. The SMILES string of the molecule is CCC1C=CCC(C(=O)O)C1C(=O)Nc1ccc(C(=O)N2CCOCC2)cc1. The summed E-state index contributed by atoms with van der Waals surface area (Å²) in [7, 11) is 0. The van der Waals surface area contributed by atoms with Gasteiger partial charge in [-0.25, -0.2) is 0 Å². The van der Waals surface area contributed by atoms with E-state index in [9.17, 15) is 19.5 Å². The molecule has 0 spiro atoms. The zero-order valence-electron chi connectivity index (χ0n) is 16.0. The van der Waals surface area contributed by atoms with Gasteiger partial charge in [-0.1, -0.05) is 19.1 Å². The third-order valence-corrected chi connectivity index (χ3v) is 5.46. The Kier molecular flexibility index (Phi) is 6.46. The van der Waals surface area contributed by atoms with Crippen LogP contribution in [0.5, 0.6) is 0 Å². The number of amides is 2. The van der Waals surface area contributed by atoms with Crippen LogP contribution in [0.2, 0.25) is 0 Å². The lowest BCUT2D eigenvalue weighted by Crippen LogP contribution is -2.40. The fourth-order valence-corrected chi connectivity index (χ4v) is 3.86. The Labute approximate surface area is 164 Å². The lowest BCUT2D eigenvalue weighted by molar-refractivity contribution is -0.147. The Balaban J connectivity index is 1.68. The fraction of sp³-hybridized carbons (Fsp3) is 0.476. The smallest absolute Gasteiger partial charge is 0.307 e. The van der Waals surface area contributed by atoms with Gasteiger partial charge in [-0.05, 0) is 43.0 Å².